The monoisotopic (exact) mass is 189 g/mol. The highest BCUT2D eigenvalue weighted by atomic mass is 32.2. The van der Waals surface area contributed by atoms with Crippen LogP contribution in [0, 0.1) is 0 Å². The summed E-state index contributed by atoms with van der Waals surface area (Å²) in [4.78, 5) is 7.14. The van der Waals surface area contributed by atoms with Gasteiger partial charge in [0.2, 0.25) is 5.03 Å². The zero-order valence-electron chi connectivity index (χ0n) is 6.26. The van der Waals surface area contributed by atoms with Gasteiger partial charge in [-0.05, 0) is 0 Å². The van der Waals surface area contributed by atoms with Crippen molar-refractivity contribution in [1.29, 1.82) is 0 Å². The fourth-order valence-electron chi connectivity index (χ4n) is 0.567. The summed E-state index contributed by atoms with van der Waals surface area (Å²) in [6.45, 7) is 0. The Kier molecular flexibility index (Phi) is 2.69. The minimum absolute atomic E-state index is 0.223. The van der Waals surface area contributed by atoms with E-state index in [0.717, 1.165) is 6.20 Å². The van der Waals surface area contributed by atoms with E-state index in [4.69, 9.17) is 0 Å². The lowest BCUT2D eigenvalue weighted by Crippen LogP contribution is -2.16. The molecular weight excluding hydrogens is 182 g/mol. The van der Waals surface area contributed by atoms with Crippen molar-refractivity contribution in [3.05, 3.63) is 18.6 Å². The van der Waals surface area contributed by atoms with Gasteiger partial charge in [-0.1, -0.05) is 0 Å². The lowest BCUT2D eigenvalue weighted by Gasteiger charge is -1.99. The van der Waals surface area contributed by atoms with Crippen LogP contribution in [0.4, 0.5) is 0 Å². The Morgan fingerprint density at radius 2 is 2.25 bits per heavy atom. The molecule has 0 unspecified atom stereocenters. The molecule has 1 heterocycles. The molecule has 6 nitrogen and oxygen atoms in total. The number of hydrogen-bond acceptors (Lipinski definition) is 6. The normalized spacial score (nSPS) is 11.4. The second kappa shape index (κ2) is 3.57. The fourth-order valence-corrected chi connectivity index (χ4v) is 1.25. The molecule has 1 N–H and O–H groups in total. The van der Waals surface area contributed by atoms with Crippen LogP contribution in [0.5, 0.6) is 0 Å². The summed E-state index contributed by atoms with van der Waals surface area (Å²) < 4.78 is 26.3. The molecular formula is C5H7N3O3S. The molecule has 7 heteroatoms. The van der Waals surface area contributed by atoms with E-state index < -0.39 is 10.1 Å². The zero-order chi connectivity index (χ0) is 9.03. The number of nitrogens with one attached hydrogen (secondary N) is 1. The average molecular weight is 189 g/mol. The third-order valence-electron chi connectivity index (χ3n) is 0.989. The zero-order valence-corrected chi connectivity index (χ0v) is 7.08. The second-order valence-corrected chi connectivity index (χ2v) is 3.28. The first-order chi connectivity index (χ1) is 5.67. The van der Waals surface area contributed by atoms with Gasteiger partial charge in [-0.15, -0.1) is 0 Å². The van der Waals surface area contributed by atoms with Gasteiger partial charge in [0.25, 0.3) is 0 Å². The third-order valence-corrected chi connectivity index (χ3v) is 2.10. The molecule has 0 aliphatic heterocycles. The Labute approximate surface area is 69.7 Å². The largest absolute Gasteiger partial charge is 0.332 e. The van der Waals surface area contributed by atoms with Gasteiger partial charge in [-0.3, -0.25) is 4.98 Å². The predicted octanol–water partition coefficient (Wildman–Crippen LogP) is -0.684. The van der Waals surface area contributed by atoms with Gasteiger partial charge in [0, 0.05) is 19.4 Å². The number of hydroxylamine groups is 1. The first-order valence-electron chi connectivity index (χ1n) is 3.03. The minimum Gasteiger partial charge on any atom is -0.260 e. The quantitative estimate of drug-likeness (QED) is 0.634. The van der Waals surface area contributed by atoms with Crippen molar-refractivity contribution < 1.29 is 12.7 Å². The number of aromatic nitrogens is 2. The van der Waals surface area contributed by atoms with E-state index in [1.54, 1.807) is 0 Å². The molecule has 0 aromatic carbocycles. The Balaban J connectivity index is 2.99. The predicted molar refractivity (Wildman–Crippen MR) is 39.4 cm³/mol. The van der Waals surface area contributed by atoms with Gasteiger partial charge in [0.15, 0.2) is 0 Å². The molecule has 0 spiro atoms. The van der Waals surface area contributed by atoms with Gasteiger partial charge >= 0.3 is 10.1 Å². The van der Waals surface area contributed by atoms with E-state index in [1.807, 2.05) is 0 Å². The molecule has 0 radical (unpaired) electrons. The van der Waals surface area contributed by atoms with Crippen LogP contribution in [0.2, 0.25) is 0 Å². The highest BCUT2D eigenvalue weighted by molar-refractivity contribution is 7.86. The van der Waals surface area contributed by atoms with Crippen LogP contribution in [0.25, 0.3) is 0 Å². The standard InChI is InChI=1S/C5H7N3O3S/c1-6-11-12(9,10)5-4-7-2-3-8-5/h2-4,6H,1H3. The summed E-state index contributed by atoms with van der Waals surface area (Å²) in [6.07, 6.45) is 3.75. The van der Waals surface area contributed by atoms with E-state index in [1.165, 1.54) is 19.4 Å². The molecule has 1 rings (SSSR count). The molecule has 0 aliphatic carbocycles. The molecule has 0 fully saturated rings. The van der Waals surface area contributed by atoms with Crippen LogP contribution in [0.1, 0.15) is 0 Å². The SMILES string of the molecule is CNOS(=O)(=O)c1cnccn1. The Morgan fingerprint density at radius 3 is 2.75 bits per heavy atom. The van der Waals surface area contributed by atoms with Crippen molar-refractivity contribution in [2.24, 2.45) is 0 Å². The van der Waals surface area contributed by atoms with Crippen LogP contribution < -0.4 is 5.48 Å². The summed E-state index contributed by atoms with van der Waals surface area (Å²) in [7, 11) is -2.45. The fraction of sp³-hybridized carbons (Fsp3) is 0.200. The summed E-state index contributed by atoms with van der Waals surface area (Å²) in [5.41, 5.74) is 2.05. The first-order valence-corrected chi connectivity index (χ1v) is 4.44. The molecule has 12 heavy (non-hydrogen) atoms. The summed E-state index contributed by atoms with van der Waals surface area (Å²) in [5, 5.41) is -0.223. The van der Waals surface area contributed by atoms with Gasteiger partial charge in [-0.2, -0.15) is 18.2 Å². The summed E-state index contributed by atoms with van der Waals surface area (Å²) >= 11 is 0. The molecule has 1 aromatic heterocycles. The van der Waals surface area contributed by atoms with Crippen LogP contribution in [-0.4, -0.2) is 25.4 Å². The van der Waals surface area contributed by atoms with E-state index in [2.05, 4.69) is 19.7 Å². The second-order valence-electron chi connectivity index (χ2n) is 1.79. The van der Waals surface area contributed by atoms with E-state index in [9.17, 15) is 8.42 Å². The highest BCUT2D eigenvalue weighted by Crippen LogP contribution is 2.03. The van der Waals surface area contributed by atoms with E-state index in [0.29, 0.717) is 0 Å². The molecule has 0 amide bonds. The molecule has 0 saturated carbocycles. The Morgan fingerprint density at radius 1 is 1.50 bits per heavy atom. The van der Waals surface area contributed by atoms with Crippen molar-refractivity contribution in [3.63, 3.8) is 0 Å². The lowest BCUT2D eigenvalue weighted by atomic mass is 10.8. The van der Waals surface area contributed by atoms with E-state index >= 15 is 0 Å². The maximum absolute atomic E-state index is 11.0. The average Bonchev–Trinajstić information content (AvgIpc) is 2.06. The Bertz CT molecular complexity index is 336. The molecule has 66 valence electrons. The smallest absolute Gasteiger partial charge is 0.260 e. The van der Waals surface area contributed by atoms with Crippen molar-refractivity contribution >= 4 is 10.1 Å². The molecule has 0 atom stereocenters. The molecule has 0 saturated heterocycles. The van der Waals surface area contributed by atoms with Crippen molar-refractivity contribution in [2.45, 2.75) is 5.03 Å². The third kappa shape index (κ3) is 1.97. The van der Waals surface area contributed by atoms with Crippen molar-refractivity contribution in [1.82, 2.24) is 15.4 Å². The molecule has 1 aromatic rings. The van der Waals surface area contributed by atoms with Gasteiger partial charge < -0.3 is 0 Å². The minimum atomic E-state index is -3.80. The van der Waals surface area contributed by atoms with Crippen LogP contribution >= 0.6 is 0 Å². The number of nitrogens with zero attached hydrogens (tertiary/aromatic N) is 2. The number of hydrogen-bond donors (Lipinski definition) is 1. The summed E-state index contributed by atoms with van der Waals surface area (Å²) in [5.74, 6) is 0. The maximum atomic E-state index is 11.0. The van der Waals surface area contributed by atoms with Crippen LogP contribution in [0.3, 0.4) is 0 Å². The van der Waals surface area contributed by atoms with Gasteiger partial charge in [0.1, 0.15) is 0 Å². The molecule has 0 bridgehead atoms. The van der Waals surface area contributed by atoms with Crippen molar-refractivity contribution in [2.75, 3.05) is 7.05 Å². The topological polar surface area (TPSA) is 81.2 Å². The lowest BCUT2D eigenvalue weighted by molar-refractivity contribution is 0.230. The maximum Gasteiger partial charge on any atom is 0.332 e. The first kappa shape index (κ1) is 9.04. The van der Waals surface area contributed by atoms with Gasteiger partial charge in [0.05, 0.1) is 6.20 Å². The van der Waals surface area contributed by atoms with Crippen LogP contribution in [-0.2, 0) is 14.4 Å². The highest BCUT2D eigenvalue weighted by Gasteiger charge is 2.15. The molecule has 0 aliphatic rings. The van der Waals surface area contributed by atoms with Crippen LogP contribution in [0.15, 0.2) is 23.6 Å². The summed E-state index contributed by atoms with van der Waals surface area (Å²) in [6, 6.07) is 0. The Hall–Kier alpha value is -1.05. The van der Waals surface area contributed by atoms with Crippen molar-refractivity contribution in [3.8, 4) is 0 Å². The van der Waals surface area contributed by atoms with E-state index in [-0.39, 0.29) is 5.03 Å². The number of rotatable bonds is 3. The van der Waals surface area contributed by atoms with Gasteiger partial charge in [-0.25, -0.2) is 4.98 Å².